The van der Waals surface area contributed by atoms with Crippen molar-refractivity contribution in [3.05, 3.63) is 48.5 Å². The molecule has 0 saturated heterocycles. The van der Waals surface area contributed by atoms with E-state index in [2.05, 4.69) is 29.0 Å². The van der Waals surface area contributed by atoms with E-state index in [0.29, 0.717) is 5.56 Å². The molecule has 1 aromatic heterocycles. The van der Waals surface area contributed by atoms with Gasteiger partial charge in [0.2, 0.25) is 0 Å². The van der Waals surface area contributed by atoms with Crippen LogP contribution in [0.4, 0.5) is 0 Å². The van der Waals surface area contributed by atoms with E-state index in [1.54, 1.807) is 12.5 Å². The van der Waals surface area contributed by atoms with E-state index in [-0.39, 0.29) is 5.91 Å². The SMILES string of the molecule is CCN(CC)CCCCCNC(=O)c1ccc(-n2ccnc2)cc1. The Kier molecular flexibility index (Phi) is 7.49. The molecule has 24 heavy (non-hydrogen) atoms. The van der Waals surface area contributed by atoms with Gasteiger partial charge in [-0.15, -0.1) is 0 Å². The Morgan fingerprint density at radius 3 is 2.50 bits per heavy atom. The highest BCUT2D eigenvalue weighted by molar-refractivity contribution is 5.94. The fourth-order valence-electron chi connectivity index (χ4n) is 2.68. The molecular weight excluding hydrogens is 300 g/mol. The van der Waals surface area contributed by atoms with Crippen molar-refractivity contribution in [3.8, 4) is 5.69 Å². The third kappa shape index (κ3) is 5.49. The monoisotopic (exact) mass is 328 g/mol. The van der Waals surface area contributed by atoms with Crippen LogP contribution in [0.5, 0.6) is 0 Å². The van der Waals surface area contributed by atoms with Crippen LogP contribution in [0, 0.1) is 0 Å². The molecule has 0 unspecified atom stereocenters. The zero-order valence-corrected chi connectivity index (χ0v) is 14.7. The van der Waals surface area contributed by atoms with Crippen molar-refractivity contribution in [1.82, 2.24) is 19.8 Å². The Labute approximate surface area is 144 Å². The fraction of sp³-hybridized carbons (Fsp3) is 0.474. The number of carbonyl (C=O) groups is 1. The van der Waals surface area contributed by atoms with Gasteiger partial charge in [0.15, 0.2) is 0 Å². The third-order valence-electron chi connectivity index (χ3n) is 4.26. The number of nitrogens with zero attached hydrogens (tertiary/aromatic N) is 3. The summed E-state index contributed by atoms with van der Waals surface area (Å²) in [6.45, 7) is 8.51. The molecule has 0 saturated carbocycles. The molecule has 0 spiro atoms. The molecule has 0 aliphatic carbocycles. The lowest BCUT2D eigenvalue weighted by atomic mass is 10.2. The van der Waals surface area contributed by atoms with Gasteiger partial charge in [-0.1, -0.05) is 20.3 Å². The van der Waals surface area contributed by atoms with Crippen LogP contribution < -0.4 is 5.32 Å². The molecule has 2 rings (SSSR count). The Morgan fingerprint density at radius 1 is 1.12 bits per heavy atom. The van der Waals surface area contributed by atoms with Crippen molar-refractivity contribution >= 4 is 5.91 Å². The molecular formula is C19H28N4O. The van der Waals surface area contributed by atoms with Gasteiger partial charge >= 0.3 is 0 Å². The van der Waals surface area contributed by atoms with Crippen molar-refractivity contribution < 1.29 is 4.79 Å². The smallest absolute Gasteiger partial charge is 0.251 e. The minimum Gasteiger partial charge on any atom is -0.352 e. The van der Waals surface area contributed by atoms with Crippen LogP contribution in [0.25, 0.3) is 5.69 Å². The average molecular weight is 328 g/mol. The number of unbranched alkanes of at least 4 members (excludes halogenated alkanes) is 2. The number of carbonyl (C=O) groups excluding carboxylic acids is 1. The lowest BCUT2D eigenvalue weighted by Crippen LogP contribution is -2.25. The van der Waals surface area contributed by atoms with Gasteiger partial charge in [-0.05, 0) is 56.7 Å². The Balaban J connectivity index is 1.67. The molecule has 0 aliphatic rings. The van der Waals surface area contributed by atoms with Crippen molar-refractivity contribution in [2.75, 3.05) is 26.2 Å². The number of aromatic nitrogens is 2. The summed E-state index contributed by atoms with van der Waals surface area (Å²) < 4.78 is 1.91. The number of rotatable bonds is 10. The maximum absolute atomic E-state index is 12.1. The molecule has 0 aliphatic heterocycles. The minimum absolute atomic E-state index is 0.00377. The van der Waals surface area contributed by atoms with Gasteiger partial charge in [-0.25, -0.2) is 4.98 Å². The largest absolute Gasteiger partial charge is 0.352 e. The Bertz CT molecular complexity index is 588. The van der Waals surface area contributed by atoms with Crippen LogP contribution in [-0.2, 0) is 0 Å². The first-order valence-corrected chi connectivity index (χ1v) is 8.83. The second kappa shape index (κ2) is 9.88. The maximum Gasteiger partial charge on any atom is 0.251 e. The average Bonchev–Trinajstić information content (AvgIpc) is 3.16. The van der Waals surface area contributed by atoms with Crippen molar-refractivity contribution in [2.24, 2.45) is 0 Å². The summed E-state index contributed by atoms with van der Waals surface area (Å²) in [7, 11) is 0. The fourth-order valence-corrected chi connectivity index (χ4v) is 2.68. The summed E-state index contributed by atoms with van der Waals surface area (Å²) >= 11 is 0. The van der Waals surface area contributed by atoms with Gasteiger partial charge in [-0.2, -0.15) is 0 Å². The predicted molar refractivity (Wildman–Crippen MR) is 97.5 cm³/mol. The van der Waals surface area contributed by atoms with Crippen molar-refractivity contribution in [1.29, 1.82) is 0 Å². The summed E-state index contributed by atoms with van der Waals surface area (Å²) in [5, 5.41) is 3.00. The molecule has 0 radical (unpaired) electrons. The molecule has 130 valence electrons. The summed E-state index contributed by atoms with van der Waals surface area (Å²) in [5.41, 5.74) is 1.70. The molecule has 1 N–H and O–H groups in total. The number of benzene rings is 1. The van der Waals surface area contributed by atoms with Crippen molar-refractivity contribution in [3.63, 3.8) is 0 Å². The first kappa shape index (κ1) is 18.2. The van der Waals surface area contributed by atoms with E-state index in [9.17, 15) is 4.79 Å². The molecule has 0 bridgehead atoms. The van der Waals surface area contributed by atoms with Crippen LogP contribution in [0.3, 0.4) is 0 Å². The van der Waals surface area contributed by atoms with E-state index >= 15 is 0 Å². The second-order valence-electron chi connectivity index (χ2n) is 5.86. The standard InChI is InChI=1S/C19H28N4O/c1-3-22(4-2)14-7-5-6-12-21-19(24)17-8-10-18(11-9-17)23-15-13-20-16-23/h8-11,13,15-16H,3-7,12,14H2,1-2H3,(H,21,24). The Hall–Kier alpha value is -2.14. The van der Waals surface area contributed by atoms with Gasteiger partial charge in [0.05, 0.1) is 6.33 Å². The van der Waals surface area contributed by atoms with Crippen molar-refractivity contribution in [2.45, 2.75) is 33.1 Å². The topological polar surface area (TPSA) is 50.2 Å². The first-order chi connectivity index (χ1) is 11.7. The van der Waals surface area contributed by atoms with Gasteiger partial charge in [0.1, 0.15) is 0 Å². The highest BCUT2D eigenvalue weighted by atomic mass is 16.1. The highest BCUT2D eigenvalue weighted by Gasteiger charge is 2.05. The molecule has 2 aromatic rings. The van der Waals surface area contributed by atoms with E-state index < -0.39 is 0 Å². The molecule has 1 amide bonds. The predicted octanol–water partition coefficient (Wildman–Crippen LogP) is 3.11. The zero-order chi connectivity index (χ0) is 17.2. The number of hydrogen-bond acceptors (Lipinski definition) is 3. The van der Waals surface area contributed by atoms with Crippen LogP contribution in [-0.4, -0.2) is 46.5 Å². The molecule has 0 atom stereocenters. The summed E-state index contributed by atoms with van der Waals surface area (Å²) in [6.07, 6.45) is 8.73. The number of amides is 1. The number of hydrogen-bond donors (Lipinski definition) is 1. The van der Waals surface area contributed by atoms with Gasteiger partial charge in [0, 0.05) is 30.2 Å². The summed E-state index contributed by atoms with van der Waals surface area (Å²) in [5.74, 6) is -0.00377. The molecule has 5 heteroatoms. The minimum atomic E-state index is -0.00377. The Morgan fingerprint density at radius 2 is 1.88 bits per heavy atom. The van der Waals surface area contributed by atoms with Crippen LogP contribution >= 0.6 is 0 Å². The van der Waals surface area contributed by atoms with Gasteiger partial charge < -0.3 is 14.8 Å². The first-order valence-electron chi connectivity index (χ1n) is 8.83. The molecule has 1 heterocycles. The zero-order valence-electron chi connectivity index (χ0n) is 14.7. The lowest BCUT2D eigenvalue weighted by molar-refractivity contribution is 0.0953. The van der Waals surface area contributed by atoms with Gasteiger partial charge in [0.25, 0.3) is 5.91 Å². The van der Waals surface area contributed by atoms with E-state index in [1.807, 2.05) is 35.0 Å². The normalized spacial score (nSPS) is 11.0. The lowest BCUT2D eigenvalue weighted by Gasteiger charge is -2.17. The molecule has 0 fully saturated rings. The maximum atomic E-state index is 12.1. The summed E-state index contributed by atoms with van der Waals surface area (Å²) in [6, 6.07) is 7.57. The highest BCUT2D eigenvalue weighted by Crippen LogP contribution is 2.09. The second-order valence-corrected chi connectivity index (χ2v) is 5.86. The van der Waals surface area contributed by atoms with Crippen LogP contribution in [0.15, 0.2) is 43.0 Å². The van der Waals surface area contributed by atoms with E-state index in [4.69, 9.17) is 0 Å². The third-order valence-corrected chi connectivity index (χ3v) is 4.26. The van der Waals surface area contributed by atoms with E-state index in [1.165, 1.54) is 6.42 Å². The number of imidazole rings is 1. The van der Waals surface area contributed by atoms with E-state index in [0.717, 1.165) is 44.7 Å². The number of nitrogens with one attached hydrogen (secondary N) is 1. The molecule has 1 aromatic carbocycles. The quantitative estimate of drug-likeness (QED) is 0.682. The van der Waals surface area contributed by atoms with Crippen LogP contribution in [0.2, 0.25) is 0 Å². The van der Waals surface area contributed by atoms with Crippen LogP contribution in [0.1, 0.15) is 43.5 Å². The summed E-state index contributed by atoms with van der Waals surface area (Å²) in [4.78, 5) is 18.6. The van der Waals surface area contributed by atoms with Gasteiger partial charge in [-0.3, -0.25) is 4.79 Å². The molecule has 5 nitrogen and oxygen atoms in total.